The largest absolute Gasteiger partial charge is 0.493 e. The average Bonchev–Trinajstić information content (AvgIpc) is 3.21. The Balaban J connectivity index is 1.77. The predicted octanol–water partition coefficient (Wildman–Crippen LogP) is 6.15. The van der Waals surface area contributed by atoms with Gasteiger partial charge in [-0.1, -0.05) is 11.6 Å². The SMILES string of the molecule is COc1cc(-c2csc(NC(=O)Nc3ccc(Cl)c(C(F)(F)F)c3)n2)cc(OC)c1OC. The molecule has 0 spiro atoms. The number of hydrogen-bond acceptors (Lipinski definition) is 6. The first-order valence-electron chi connectivity index (χ1n) is 8.87. The monoisotopic (exact) mass is 487 g/mol. The van der Waals surface area contributed by atoms with Gasteiger partial charge in [0, 0.05) is 16.6 Å². The number of urea groups is 1. The second-order valence-electron chi connectivity index (χ2n) is 6.22. The number of thiazole rings is 1. The van der Waals surface area contributed by atoms with Crippen molar-refractivity contribution in [2.24, 2.45) is 0 Å². The number of ether oxygens (including phenoxy) is 3. The van der Waals surface area contributed by atoms with Gasteiger partial charge in [-0.3, -0.25) is 5.32 Å². The molecule has 3 rings (SSSR count). The van der Waals surface area contributed by atoms with Gasteiger partial charge < -0.3 is 19.5 Å². The quantitative estimate of drug-likeness (QED) is 0.435. The maximum absolute atomic E-state index is 13.0. The molecule has 0 saturated carbocycles. The summed E-state index contributed by atoms with van der Waals surface area (Å²) in [6.45, 7) is 0. The van der Waals surface area contributed by atoms with Crippen molar-refractivity contribution in [1.82, 2.24) is 4.98 Å². The molecule has 0 aliphatic heterocycles. The molecule has 0 aliphatic rings. The first kappa shape index (κ1) is 23.5. The molecule has 32 heavy (non-hydrogen) atoms. The third-order valence-electron chi connectivity index (χ3n) is 4.21. The van der Waals surface area contributed by atoms with Gasteiger partial charge in [-0.2, -0.15) is 13.2 Å². The summed E-state index contributed by atoms with van der Waals surface area (Å²) in [6.07, 6.45) is -4.64. The number of anilines is 2. The van der Waals surface area contributed by atoms with Crippen molar-refractivity contribution in [3.05, 3.63) is 46.3 Å². The molecule has 3 aromatic rings. The molecule has 2 aromatic carbocycles. The number of rotatable bonds is 6. The van der Waals surface area contributed by atoms with Crippen LogP contribution in [0.4, 0.5) is 28.8 Å². The fourth-order valence-corrected chi connectivity index (χ4v) is 3.71. The van der Waals surface area contributed by atoms with Gasteiger partial charge in [0.1, 0.15) is 0 Å². The molecule has 0 saturated heterocycles. The lowest BCUT2D eigenvalue weighted by atomic mass is 10.1. The number of amides is 2. The molecule has 12 heteroatoms. The number of benzene rings is 2. The van der Waals surface area contributed by atoms with Crippen molar-refractivity contribution in [3.63, 3.8) is 0 Å². The van der Waals surface area contributed by atoms with Crippen LogP contribution in [0.3, 0.4) is 0 Å². The summed E-state index contributed by atoms with van der Waals surface area (Å²) >= 11 is 6.72. The first-order chi connectivity index (χ1) is 15.2. The molecule has 0 radical (unpaired) electrons. The minimum atomic E-state index is -4.64. The number of carbonyl (C=O) groups excluding carboxylic acids is 1. The van der Waals surface area contributed by atoms with E-state index in [1.165, 1.54) is 27.4 Å². The minimum Gasteiger partial charge on any atom is -0.493 e. The number of nitrogens with zero attached hydrogens (tertiary/aromatic N) is 1. The van der Waals surface area contributed by atoms with Gasteiger partial charge in [-0.05, 0) is 30.3 Å². The van der Waals surface area contributed by atoms with E-state index in [1.54, 1.807) is 17.5 Å². The number of nitrogens with one attached hydrogen (secondary N) is 2. The maximum atomic E-state index is 13.0. The fourth-order valence-electron chi connectivity index (χ4n) is 2.77. The van der Waals surface area contributed by atoms with Gasteiger partial charge in [0.2, 0.25) is 5.75 Å². The van der Waals surface area contributed by atoms with E-state index in [9.17, 15) is 18.0 Å². The van der Waals surface area contributed by atoms with Gasteiger partial charge in [-0.15, -0.1) is 11.3 Å². The Morgan fingerprint density at radius 2 is 1.69 bits per heavy atom. The number of hydrogen-bond donors (Lipinski definition) is 2. The molecule has 2 amide bonds. The van der Waals surface area contributed by atoms with Crippen LogP contribution in [0.2, 0.25) is 5.02 Å². The lowest BCUT2D eigenvalue weighted by molar-refractivity contribution is -0.137. The zero-order valence-electron chi connectivity index (χ0n) is 17.0. The third-order valence-corrected chi connectivity index (χ3v) is 5.30. The summed E-state index contributed by atoms with van der Waals surface area (Å²) < 4.78 is 54.9. The van der Waals surface area contributed by atoms with Crippen LogP contribution in [0.1, 0.15) is 5.56 Å². The third kappa shape index (κ3) is 5.17. The second-order valence-corrected chi connectivity index (χ2v) is 7.49. The lowest BCUT2D eigenvalue weighted by Gasteiger charge is -2.13. The van der Waals surface area contributed by atoms with Crippen molar-refractivity contribution < 1.29 is 32.2 Å². The van der Waals surface area contributed by atoms with E-state index in [4.69, 9.17) is 25.8 Å². The molecule has 0 aliphatic carbocycles. The Morgan fingerprint density at radius 1 is 1.03 bits per heavy atom. The van der Waals surface area contributed by atoms with Gasteiger partial charge in [0.25, 0.3) is 0 Å². The molecule has 170 valence electrons. The average molecular weight is 488 g/mol. The second kappa shape index (κ2) is 9.53. The standard InChI is InChI=1S/C20H17ClF3N3O4S/c1-29-15-6-10(7-16(30-2)17(15)31-3)14-9-32-19(26-14)27-18(28)25-11-4-5-13(21)12(8-11)20(22,23)24/h4-9H,1-3H3,(H2,25,26,27,28). The summed E-state index contributed by atoms with van der Waals surface area (Å²) in [5.41, 5.74) is 0.0589. The Kier molecular flexibility index (Phi) is 6.99. The summed E-state index contributed by atoms with van der Waals surface area (Å²) in [5, 5.41) is 6.29. The van der Waals surface area contributed by atoms with Gasteiger partial charge >= 0.3 is 12.2 Å². The van der Waals surface area contributed by atoms with Crippen LogP contribution in [-0.4, -0.2) is 32.3 Å². The van der Waals surface area contributed by atoms with Crippen LogP contribution in [0.5, 0.6) is 17.2 Å². The molecular formula is C20H17ClF3N3O4S. The Bertz CT molecular complexity index is 1110. The van der Waals surface area contributed by atoms with Crippen LogP contribution in [-0.2, 0) is 6.18 Å². The summed E-state index contributed by atoms with van der Waals surface area (Å²) in [7, 11) is 4.46. The molecule has 0 atom stereocenters. The van der Waals surface area contributed by atoms with Gasteiger partial charge in [-0.25, -0.2) is 9.78 Å². The van der Waals surface area contributed by atoms with E-state index in [0.29, 0.717) is 28.5 Å². The van der Waals surface area contributed by atoms with Crippen LogP contribution < -0.4 is 24.8 Å². The highest BCUT2D eigenvalue weighted by atomic mass is 35.5. The van der Waals surface area contributed by atoms with Crippen molar-refractivity contribution in [2.75, 3.05) is 32.0 Å². The van der Waals surface area contributed by atoms with Crippen molar-refractivity contribution in [1.29, 1.82) is 0 Å². The highest BCUT2D eigenvalue weighted by Gasteiger charge is 2.33. The Hall–Kier alpha value is -3.18. The molecule has 2 N–H and O–H groups in total. The van der Waals surface area contributed by atoms with Crippen molar-refractivity contribution in [2.45, 2.75) is 6.18 Å². The maximum Gasteiger partial charge on any atom is 0.417 e. The van der Waals surface area contributed by atoms with Crippen molar-refractivity contribution in [3.8, 4) is 28.5 Å². The predicted molar refractivity (Wildman–Crippen MR) is 116 cm³/mol. The Morgan fingerprint density at radius 3 is 2.25 bits per heavy atom. The molecular weight excluding hydrogens is 471 g/mol. The van der Waals surface area contributed by atoms with Crippen LogP contribution >= 0.6 is 22.9 Å². The topological polar surface area (TPSA) is 81.7 Å². The lowest BCUT2D eigenvalue weighted by Crippen LogP contribution is -2.19. The van der Waals surface area contributed by atoms with E-state index in [-0.39, 0.29) is 10.8 Å². The normalized spacial score (nSPS) is 11.1. The van der Waals surface area contributed by atoms with E-state index in [0.717, 1.165) is 23.5 Å². The fraction of sp³-hybridized carbons (Fsp3) is 0.200. The van der Waals surface area contributed by atoms with E-state index in [2.05, 4.69) is 15.6 Å². The highest BCUT2D eigenvalue weighted by molar-refractivity contribution is 7.14. The number of carbonyl (C=O) groups is 1. The van der Waals surface area contributed by atoms with E-state index < -0.39 is 22.8 Å². The van der Waals surface area contributed by atoms with Gasteiger partial charge in [0.15, 0.2) is 16.6 Å². The number of halogens is 4. The minimum absolute atomic E-state index is 0.0689. The summed E-state index contributed by atoms with van der Waals surface area (Å²) in [5.74, 6) is 1.29. The van der Waals surface area contributed by atoms with Crippen LogP contribution in [0.25, 0.3) is 11.3 Å². The van der Waals surface area contributed by atoms with Crippen molar-refractivity contribution >= 4 is 39.8 Å². The van der Waals surface area contributed by atoms with E-state index >= 15 is 0 Å². The summed E-state index contributed by atoms with van der Waals surface area (Å²) in [6, 6.07) is 5.72. The molecule has 0 bridgehead atoms. The zero-order valence-corrected chi connectivity index (χ0v) is 18.5. The van der Waals surface area contributed by atoms with Crippen LogP contribution in [0, 0.1) is 0 Å². The molecule has 0 unspecified atom stereocenters. The number of alkyl halides is 3. The Labute approximate surface area is 190 Å². The smallest absolute Gasteiger partial charge is 0.417 e. The zero-order chi connectivity index (χ0) is 23.5. The summed E-state index contributed by atoms with van der Waals surface area (Å²) in [4.78, 5) is 16.6. The van der Waals surface area contributed by atoms with Gasteiger partial charge in [0.05, 0.1) is 37.6 Å². The van der Waals surface area contributed by atoms with E-state index in [1.807, 2.05) is 0 Å². The number of methoxy groups -OCH3 is 3. The molecule has 1 heterocycles. The molecule has 7 nitrogen and oxygen atoms in total. The highest BCUT2D eigenvalue weighted by Crippen LogP contribution is 2.41. The van der Waals surface area contributed by atoms with Crippen LogP contribution in [0.15, 0.2) is 35.7 Å². The number of aromatic nitrogens is 1. The molecule has 0 fully saturated rings. The first-order valence-corrected chi connectivity index (χ1v) is 10.1. The molecule has 1 aromatic heterocycles.